The molecule has 2 N–H and O–H groups in total. The van der Waals surface area contributed by atoms with Crippen LogP contribution in [0.3, 0.4) is 0 Å². The third-order valence-electron chi connectivity index (χ3n) is 2.04. The van der Waals surface area contributed by atoms with E-state index in [-0.39, 0.29) is 0 Å². The van der Waals surface area contributed by atoms with Gasteiger partial charge in [0.25, 0.3) is 0 Å². The van der Waals surface area contributed by atoms with Crippen LogP contribution in [0.1, 0.15) is 18.3 Å². The summed E-state index contributed by atoms with van der Waals surface area (Å²) in [5.41, 5.74) is 7.76. The zero-order valence-electron chi connectivity index (χ0n) is 9.23. The summed E-state index contributed by atoms with van der Waals surface area (Å²) in [6.45, 7) is 4.10. The van der Waals surface area contributed by atoms with Gasteiger partial charge in [-0.15, -0.1) is 0 Å². The molecule has 1 aromatic heterocycles. The molecule has 0 atom stereocenters. The van der Waals surface area contributed by atoms with Crippen molar-refractivity contribution in [3.05, 3.63) is 29.6 Å². The molecule has 0 saturated carbocycles. The van der Waals surface area contributed by atoms with Crippen molar-refractivity contribution in [1.29, 1.82) is 0 Å². The van der Waals surface area contributed by atoms with Gasteiger partial charge in [0.1, 0.15) is 5.82 Å². The predicted octanol–water partition coefficient (Wildman–Crippen LogP) is 3.14. The van der Waals surface area contributed by atoms with Gasteiger partial charge in [-0.2, -0.15) is 4.37 Å². The Kier molecular flexibility index (Phi) is 3.46. The van der Waals surface area contributed by atoms with E-state index in [1.807, 2.05) is 19.1 Å². The molecular weight excluding hydrogens is 238 g/mol. The van der Waals surface area contributed by atoms with Crippen molar-refractivity contribution in [2.45, 2.75) is 29.5 Å². The van der Waals surface area contributed by atoms with Crippen molar-refractivity contribution in [2.75, 3.05) is 5.73 Å². The molecule has 1 aromatic carbocycles. The summed E-state index contributed by atoms with van der Waals surface area (Å²) in [4.78, 5) is 5.53. The van der Waals surface area contributed by atoms with Gasteiger partial charge in [0.05, 0.1) is 0 Å². The lowest BCUT2D eigenvalue weighted by molar-refractivity contribution is 0.971. The number of aryl methyl sites for hydroxylation is 2. The van der Waals surface area contributed by atoms with Gasteiger partial charge in [0.2, 0.25) is 0 Å². The lowest BCUT2D eigenvalue weighted by atomic mass is 10.2. The van der Waals surface area contributed by atoms with Gasteiger partial charge in [-0.25, -0.2) is 4.98 Å². The zero-order chi connectivity index (χ0) is 11.5. The van der Waals surface area contributed by atoms with Gasteiger partial charge >= 0.3 is 0 Å². The molecular formula is C11H13N3S2. The first kappa shape index (κ1) is 11.4. The Labute approximate surface area is 103 Å². The SMILES string of the molecule is CCc1nsc(Sc2cc(C)cc(N)c2)n1. The van der Waals surface area contributed by atoms with Gasteiger partial charge in [-0.05, 0) is 42.2 Å². The minimum absolute atomic E-state index is 0.794. The molecule has 0 spiro atoms. The Bertz CT molecular complexity index is 473. The first-order valence-electron chi connectivity index (χ1n) is 5.05. The smallest absolute Gasteiger partial charge is 0.174 e. The van der Waals surface area contributed by atoms with E-state index in [0.717, 1.165) is 27.2 Å². The van der Waals surface area contributed by atoms with E-state index >= 15 is 0 Å². The number of aromatic nitrogens is 2. The number of hydrogen-bond donors (Lipinski definition) is 1. The van der Waals surface area contributed by atoms with Gasteiger partial charge < -0.3 is 5.73 Å². The fourth-order valence-corrected chi connectivity index (χ4v) is 3.20. The normalized spacial score (nSPS) is 10.6. The Balaban J connectivity index is 2.19. The molecule has 0 bridgehead atoms. The molecule has 0 amide bonds. The summed E-state index contributed by atoms with van der Waals surface area (Å²) < 4.78 is 5.23. The topological polar surface area (TPSA) is 51.8 Å². The lowest BCUT2D eigenvalue weighted by Crippen LogP contribution is -1.86. The largest absolute Gasteiger partial charge is 0.399 e. The second kappa shape index (κ2) is 4.84. The molecule has 0 unspecified atom stereocenters. The number of benzene rings is 1. The third-order valence-corrected chi connectivity index (χ3v) is 3.80. The van der Waals surface area contributed by atoms with E-state index in [9.17, 15) is 0 Å². The number of anilines is 1. The van der Waals surface area contributed by atoms with Crippen molar-refractivity contribution in [2.24, 2.45) is 0 Å². The highest BCUT2D eigenvalue weighted by molar-refractivity contribution is 8.01. The van der Waals surface area contributed by atoms with Crippen molar-refractivity contribution < 1.29 is 0 Å². The fourth-order valence-electron chi connectivity index (χ4n) is 1.36. The summed E-state index contributed by atoms with van der Waals surface area (Å²) in [5.74, 6) is 0.910. The second-order valence-electron chi connectivity index (χ2n) is 3.51. The van der Waals surface area contributed by atoms with Crippen LogP contribution in [0, 0.1) is 6.92 Å². The lowest BCUT2D eigenvalue weighted by Gasteiger charge is -2.01. The Morgan fingerprint density at radius 2 is 2.19 bits per heavy atom. The van der Waals surface area contributed by atoms with E-state index < -0.39 is 0 Å². The maximum Gasteiger partial charge on any atom is 0.174 e. The first-order valence-corrected chi connectivity index (χ1v) is 6.64. The van der Waals surface area contributed by atoms with E-state index in [1.165, 1.54) is 17.1 Å². The van der Waals surface area contributed by atoms with Crippen LogP contribution < -0.4 is 5.73 Å². The summed E-state index contributed by atoms with van der Waals surface area (Å²) in [6, 6.07) is 6.03. The van der Waals surface area contributed by atoms with E-state index in [2.05, 4.69) is 22.3 Å². The van der Waals surface area contributed by atoms with E-state index in [4.69, 9.17) is 5.73 Å². The van der Waals surface area contributed by atoms with Crippen molar-refractivity contribution in [3.8, 4) is 0 Å². The quantitative estimate of drug-likeness (QED) is 0.851. The molecule has 2 aromatic rings. The van der Waals surface area contributed by atoms with Gasteiger partial charge in [0.15, 0.2) is 4.34 Å². The number of nitrogen functional groups attached to an aromatic ring is 1. The Hall–Kier alpha value is -1.07. The molecule has 0 aliphatic rings. The molecule has 0 fully saturated rings. The molecule has 16 heavy (non-hydrogen) atoms. The third kappa shape index (κ3) is 2.74. The van der Waals surface area contributed by atoms with Crippen LogP contribution in [0.25, 0.3) is 0 Å². The molecule has 0 aliphatic heterocycles. The molecule has 84 valence electrons. The van der Waals surface area contributed by atoms with Crippen LogP contribution in [0.2, 0.25) is 0 Å². The highest BCUT2D eigenvalue weighted by Gasteiger charge is 2.05. The fraction of sp³-hybridized carbons (Fsp3) is 0.273. The average Bonchev–Trinajstić information content (AvgIpc) is 2.64. The minimum Gasteiger partial charge on any atom is -0.399 e. The predicted molar refractivity (Wildman–Crippen MR) is 69.0 cm³/mol. The number of rotatable bonds is 3. The van der Waals surface area contributed by atoms with Crippen molar-refractivity contribution in [1.82, 2.24) is 9.36 Å². The summed E-state index contributed by atoms with van der Waals surface area (Å²) in [5, 5.41) is 0. The van der Waals surface area contributed by atoms with E-state index in [1.54, 1.807) is 11.8 Å². The van der Waals surface area contributed by atoms with Crippen molar-refractivity contribution >= 4 is 29.0 Å². The first-order chi connectivity index (χ1) is 7.67. The molecule has 0 saturated heterocycles. The number of nitrogens with zero attached hydrogens (tertiary/aromatic N) is 2. The van der Waals surface area contributed by atoms with Crippen LogP contribution in [-0.2, 0) is 6.42 Å². The average molecular weight is 251 g/mol. The van der Waals surface area contributed by atoms with Crippen LogP contribution in [0.4, 0.5) is 5.69 Å². The van der Waals surface area contributed by atoms with Crippen LogP contribution in [-0.4, -0.2) is 9.36 Å². The highest BCUT2D eigenvalue weighted by Crippen LogP contribution is 2.30. The standard InChI is InChI=1S/C11H13N3S2/c1-3-10-13-11(16-14-10)15-9-5-7(2)4-8(12)6-9/h4-6H,3,12H2,1-2H3. The van der Waals surface area contributed by atoms with Crippen molar-refractivity contribution in [3.63, 3.8) is 0 Å². The Morgan fingerprint density at radius 3 is 2.81 bits per heavy atom. The molecule has 0 aliphatic carbocycles. The van der Waals surface area contributed by atoms with E-state index in [0.29, 0.717) is 0 Å². The molecule has 2 rings (SSSR count). The van der Waals surface area contributed by atoms with Gasteiger partial charge in [-0.3, -0.25) is 0 Å². The summed E-state index contributed by atoms with van der Waals surface area (Å²) in [6.07, 6.45) is 0.882. The molecule has 1 heterocycles. The number of nitrogens with two attached hydrogens (primary N) is 1. The maximum absolute atomic E-state index is 5.80. The molecule has 5 heteroatoms. The molecule has 0 radical (unpaired) electrons. The van der Waals surface area contributed by atoms with Gasteiger partial charge in [0, 0.05) is 17.0 Å². The summed E-state index contributed by atoms with van der Waals surface area (Å²) in [7, 11) is 0. The highest BCUT2D eigenvalue weighted by atomic mass is 32.2. The maximum atomic E-state index is 5.80. The summed E-state index contributed by atoms with van der Waals surface area (Å²) >= 11 is 3.06. The van der Waals surface area contributed by atoms with Gasteiger partial charge in [-0.1, -0.05) is 18.7 Å². The number of hydrogen-bond acceptors (Lipinski definition) is 5. The van der Waals surface area contributed by atoms with Crippen LogP contribution in [0.15, 0.2) is 27.4 Å². The monoisotopic (exact) mass is 251 g/mol. The molecule has 3 nitrogen and oxygen atoms in total. The minimum atomic E-state index is 0.794. The second-order valence-corrected chi connectivity index (χ2v) is 5.58. The van der Waals surface area contributed by atoms with Crippen LogP contribution >= 0.6 is 23.3 Å². The Morgan fingerprint density at radius 1 is 1.38 bits per heavy atom. The zero-order valence-corrected chi connectivity index (χ0v) is 10.9. The van der Waals surface area contributed by atoms with Crippen LogP contribution in [0.5, 0.6) is 0 Å².